The second-order valence-electron chi connectivity index (χ2n) is 6.45. The molecule has 5 nitrogen and oxygen atoms in total. The lowest BCUT2D eigenvalue weighted by Crippen LogP contribution is -2.21. The van der Waals surface area contributed by atoms with E-state index >= 15 is 0 Å². The van der Waals surface area contributed by atoms with Crippen molar-refractivity contribution in [3.05, 3.63) is 59.8 Å². The highest BCUT2D eigenvalue weighted by Crippen LogP contribution is 2.16. The second-order valence-corrected chi connectivity index (χ2v) is 8.02. The van der Waals surface area contributed by atoms with Gasteiger partial charge in [0, 0.05) is 32.4 Å². The van der Waals surface area contributed by atoms with Gasteiger partial charge in [0.25, 0.3) is 10.1 Å². The molecule has 0 saturated heterocycles. The van der Waals surface area contributed by atoms with Crippen molar-refractivity contribution in [1.82, 2.24) is 4.90 Å². The summed E-state index contributed by atoms with van der Waals surface area (Å²) in [6.45, 7) is 4.71. The number of hydrogen-bond acceptors (Lipinski definition) is 4. The quantitative estimate of drug-likeness (QED) is 0.527. The van der Waals surface area contributed by atoms with Gasteiger partial charge in [0.1, 0.15) is 0 Å². The predicted octanol–water partition coefficient (Wildman–Crippen LogP) is 3.58. The van der Waals surface area contributed by atoms with Crippen molar-refractivity contribution in [2.24, 2.45) is 0 Å². The van der Waals surface area contributed by atoms with Gasteiger partial charge in [-0.05, 0) is 55.3 Å². The van der Waals surface area contributed by atoms with E-state index < -0.39 is 10.1 Å². The topological polar surface area (TPSA) is 60.9 Å². The Morgan fingerprint density at radius 1 is 1.19 bits per heavy atom. The summed E-state index contributed by atoms with van der Waals surface area (Å²) in [5, 5.41) is 0. The third-order valence-electron chi connectivity index (χ3n) is 4.41. The molecule has 0 radical (unpaired) electrons. The first-order valence-electron chi connectivity index (χ1n) is 8.94. The summed E-state index contributed by atoms with van der Waals surface area (Å²) < 4.78 is 30.1. The molecule has 0 amide bonds. The lowest BCUT2D eigenvalue weighted by atomic mass is 10.1. The van der Waals surface area contributed by atoms with Crippen LogP contribution in [0.25, 0.3) is 6.08 Å². The summed E-state index contributed by atoms with van der Waals surface area (Å²) in [5.41, 5.74) is 3.54. The van der Waals surface area contributed by atoms with E-state index in [0.29, 0.717) is 6.42 Å². The van der Waals surface area contributed by atoms with Crippen LogP contribution in [0.15, 0.2) is 54.3 Å². The predicted molar refractivity (Wildman–Crippen MR) is 109 cm³/mol. The average molecular weight is 377 g/mol. The molecule has 0 atom stereocenters. The lowest BCUT2D eigenvalue weighted by Gasteiger charge is -2.21. The summed E-state index contributed by atoms with van der Waals surface area (Å²) >= 11 is 0. The Morgan fingerprint density at radius 2 is 1.92 bits per heavy atom. The summed E-state index contributed by atoms with van der Waals surface area (Å²) in [5.74, 6) is -0.165. The van der Waals surface area contributed by atoms with E-state index in [-0.39, 0.29) is 5.75 Å². The molecule has 0 fully saturated rings. The summed E-state index contributed by atoms with van der Waals surface area (Å²) in [4.78, 5) is 4.33. The molecule has 1 N–H and O–H groups in total. The molecule has 1 aromatic rings. The Kier molecular flexibility index (Phi) is 7.48. The molecular formula is C20H28N2O3S. The molecule has 1 aliphatic rings. The fourth-order valence-electron chi connectivity index (χ4n) is 2.65. The van der Waals surface area contributed by atoms with E-state index in [1.807, 2.05) is 6.20 Å². The molecule has 6 heteroatoms. The van der Waals surface area contributed by atoms with Crippen molar-refractivity contribution in [3.8, 4) is 0 Å². The van der Waals surface area contributed by atoms with Crippen LogP contribution in [0.2, 0.25) is 0 Å². The van der Waals surface area contributed by atoms with Crippen LogP contribution >= 0.6 is 0 Å². The molecule has 0 saturated carbocycles. The molecule has 142 valence electrons. The zero-order chi connectivity index (χ0) is 19.0. The number of unbranched alkanes of at least 4 members (excludes halogenated alkanes) is 1. The fourth-order valence-corrected chi connectivity index (χ4v) is 3.22. The minimum absolute atomic E-state index is 0.165. The molecule has 0 unspecified atom stereocenters. The molecule has 1 aromatic carbocycles. The Hall–Kier alpha value is -2.05. The minimum Gasteiger partial charge on any atom is -0.375 e. The lowest BCUT2D eigenvalue weighted by molar-refractivity contribution is 0.398. The Morgan fingerprint density at radius 3 is 2.50 bits per heavy atom. The van der Waals surface area contributed by atoms with Crippen molar-refractivity contribution in [3.63, 3.8) is 0 Å². The highest BCUT2D eigenvalue weighted by atomic mass is 32.2. The molecule has 1 aliphatic heterocycles. The first-order chi connectivity index (χ1) is 12.4. The van der Waals surface area contributed by atoms with Gasteiger partial charge in [-0.1, -0.05) is 30.4 Å². The van der Waals surface area contributed by atoms with Gasteiger partial charge >= 0.3 is 0 Å². The number of allylic oxidation sites excluding steroid dienone is 3. The van der Waals surface area contributed by atoms with E-state index in [9.17, 15) is 8.42 Å². The van der Waals surface area contributed by atoms with Crippen molar-refractivity contribution >= 4 is 21.9 Å². The second kappa shape index (κ2) is 9.59. The molecular weight excluding hydrogens is 348 g/mol. The van der Waals surface area contributed by atoms with Crippen LogP contribution in [-0.4, -0.2) is 50.3 Å². The third-order valence-corrected chi connectivity index (χ3v) is 5.22. The van der Waals surface area contributed by atoms with E-state index in [2.05, 4.69) is 72.3 Å². The van der Waals surface area contributed by atoms with Crippen LogP contribution < -0.4 is 4.90 Å². The largest absolute Gasteiger partial charge is 0.375 e. The van der Waals surface area contributed by atoms with Crippen LogP contribution in [0.3, 0.4) is 0 Å². The van der Waals surface area contributed by atoms with Crippen molar-refractivity contribution in [2.75, 3.05) is 37.3 Å². The van der Waals surface area contributed by atoms with Crippen molar-refractivity contribution in [1.29, 1.82) is 0 Å². The number of benzene rings is 1. The Labute approximate surface area is 157 Å². The van der Waals surface area contributed by atoms with Gasteiger partial charge in [-0.2, -0.15) is 8.42 Å². The zero-order valence-electron chi connectivity index (χ0n) is 15.5. The number of nitrogens with zero attached hydrogens (tertiary/aromatic N) is 2. The maximum Gasteiger partial charge on any atom is 0.264 e. The van der Waals surface area contributed by atoms with Crippen LogP contribution in [0.4, 0.5) is 5.69 Å². The van der Waals surface area contributed by atoms with E-state index in [1.165, 1.54) is 11.3 Å². The monoisotopic (exact) mass is 376 g/mol. The van der Waals surface area contributed by atoms with Crippen LogP contribution in [0.5, 0.6) is 0 Å². The minimum atomic E-state index is -3.84. The highest BCUT2D eigenvalue weighted by Gasteiger charge is 2.06. The van der Waals surface area contributed by atoms with Crippen molar-refractivity contribution in [2.45, 2.75) is 19.8 Å². The number of hydrogen-bond donors (Lipinski definition) is 1. The molecule has 0 aromatic heterocycles. The number of rotatable bonds is 9. The molecule has 0 bridgehead atoms. The molecule has 2 rings (SSSR count). The van der Waals surface area contributed by atoms with Gasteiger partial charge in [-0.15, -0.1) is 0 Å². The van der Waals surface area contributed by atoms with Crippen molar-refractivity contribution < 1.29 is 13.0 Å². The molecule has 1 heterocycles. The van der Waals surface area contributed by atoms with Gasteiger partial charge in [-0.3, -0.25) is 4.55 Å². The Bertz CT molecular complexity index is 765. The standard InChI is InChI=1S/C20H28N2O3S/c1-3-21(2)20-10-8-18(9-11-20)6-7-19-12-15-22(16-13-19)14-4-5-17-26(23,24)25/h6-13,15H,3-5,14,16-17H2,1-2H3,(H,23,24,25). The first-order valence-corrected chi connectivity index (χ1v) is 10.5. The summed E-state index contributed by atoms with van der Waals surface area (Å²) in [6, 6.07) is 8.49. The maximum absolute atomic E-state index is 10.7. The van der Waals surface area contributed by atoms with Gasteiger partial charge in [0.15, 0.2) is 0 Å². The molecule has 0 aliphatic carbocycles. The molecule has 0 spiro atoms. The number of anilines is 1. The zero-order valence-corrected chi connectivity index (χ0v) is 16.3. The van der Waals surface area contributed by atoms with Crippen LogP contribution in [-0.2, 0) is 10.1 Å². The average Bonchev–Trinajstić information content (AvgIpc) is 2.63. The van der Waals surface area contributed by atoms with Gasteiger partial charge in [-0.25, -0.2) is 0 Å². The highest BCUT2D eigenvalue weighted by molar-refractivity contribution is 7.85. The fraction of sp³-hybridized carbons (Fsp3) is 0.400. The van der Waals surface area contributed by atoms with E-state index in [0.717, 1.165) is 31.6 Å². The van der Waals surface area contributed by atoms with Crippen LogP contribution in [0, 0.1) is 0 Å². The van der Waals surface area contributed by atoms with Gasteiger partial charge in [0.05, 0.1) is 5.75 Å². The summed E-state index contributed by atoms with van der Waals surface area (Å²) in [7, 11) is -1.76. The third kappa shape index (κ3) is 7.06. The van der Waals surface area contributed by atoms with Gasteiger partial charge in [0.2, 0.25) is 0 Å². The summed E-state index contributed by atoms with van der Waals surface area (Å²) in [6.07, 6.45) is 11.7. The van der Waals surface area contributed by atoms with E-state index in [1.54, 1.807) is 0 Å². The molecule has 26 heavy (non-hydrogen) atoms. The SMILES string of the molecule is CCN(C)c1ccc(C=CC2=CCN(CCCCS(=O)(=O)O)C=C2)cc1. The van der Waals surface area contributed by atoms with Crippen LogP contribution in [0.1, 0.15) is 25.3 Å². The van der Waals surface area contributed by atoms with E-state index in [4.69, 9.17) is 4.55 Å². The van der Waals surface area contributed by atoms with Gasteiger partial charge < -0.3 is 9.80 Å². The smallest absolute Gasteiger partial charge is 0.264 e. The maximum atomic E-state index is 10.7. The Balaban J connectivity index is 1.78. The normalized spacial score (nSPS) is 14.7. The first kappa shape index (κ1) is 20.3.